The van der Waals surface area contributed by atoms with E-state index in [9.17, 15) is 9.59 Å². The topological polar surface area (TPSA) is 43.4 Å². The highest BCUT2D eigenvalue weighted by molar-refractivity contribution is 6.08. The van der Waals surface area contributed by atoms with Crippen LogP contribution in [0.1, 0.15) is 60.3 Å². The smallest absolute Gasteiger partial charge is 0.334 e. The fourth-order valence-corrected chi connectivity index (χ4v) is 5.31. The van der Waals surface area contributed by atoms with Crippen LogP contribution in [0.2, 0.25) is 0 Å². The van der Waals surface area contributed by atoms with E-state index in [-0.39, 0.29) is 29.0 Å². The van der Waals surface area contributed by atoms with Crippen molar-refractivity contribution in [1.29, 1.82) is 0 Å². The Morgan fingerprint density at radius 1 is 1.33 bits per heavy atom. The van der Waals surface area contributed by atoms with Gasteiger partial charge in [0.1, 0.15) is 0 Å². The van der Waals surface area contributed by atoms with Gasteiger partial charge in [0.2, 0.25) is 0 Å². The molecule has 0 heterocycles. The number of fused-ring (bicyclic) bond motifs is 2. The Kier molecular flexibility index (Phi) is 4.48. The van der Waals surface area contributed by atoms with Gasteiger partial charge in [-0.25, -0.2) is 4.79 Å². The highest BCUT2D eigenvalue weighted by Crippen LogP contribution is 2.54. The summed E-state index contributed by atoms with van der Waals surface area (Å²) < 4.78 is 5.33. The van der Waals surface area contributed by atoms with E-state index in [1.54, 1.807) is 0 Å². The summed E-state index contributed by atoms with van der Waals surface area (Å²) >= 11 is 0. The Labute approximate surface area is 145 Å². The molecule has 0 aromatic rings. The Hall–Kier alpha value is -1.38. The zero-order valence-corrected chi connectivity index (χ0v) is 15.6. The number of rotatable bonds is 2. The fraction of sp³-hybridized carbons (Fsp3) is 0.714. The monoisotopic (exact) mass is 330 g/mol. The van der Waals surface area contributed by atoms with Gasteiger partial charge in [-0.3, -0.25) is 4.79 Å². The summed E-state index contributed by atoms with van der Waals surface area (Å²) in [6.07, 6.45) is 6.15. The molecule has 0 aromatic heterocycles. The van der Waals surface area contributed by atoms with Crippen molar-refractivity contribution < 1.29 is 14.3 Å². The molecule has 3 aliphatic carbocycles. The molecular weight excluding hydrogens is 300 g/mol. The number of carbonyl (C=O) groups excluding carboxylic acids is 2. The number of ketones is 1. The molecule has 0 radical (unpaired) electrons. The highest BCUT2D eigenvalue weighted by atomic mass is 16.5. The summed E-state index contributed by atoms with van der Waals surface area (Å²) in [5.41, 5.74) is 2.42. The van der Waals surface area contributed by atoms with Crippen molar-refractivity contribution in [1.82, 2.24) is 0 Å². The molecule has 3 heteroatoms. The number of Topliss-reactive ketones (excluding diaryl/α,β-unsaturated/α-hetero) is 1. The van der Waals surface area contributed by atoms with Crippen molar-refractivity contribution >= 4 is 11.8 Å². The molecule has 5 atom stereocenters. The van der Waals surface area contributed by atoms with E-state index in [0.29, 0.717) is 24.0 Å². The lowest BCUT2D eigenvalue weighted by atomic mass is 9.68. The lowest BCUT2D eigenvalue weighted by molar-refractivity contribution is -0.140. The molecule has 0 N–H and O–H groups in total. The molecule has 0 aliphatic heterocycles. The second kappa shape index (κ2) is 6.16. The maximum absolute atomic E-state index is 13.6. The van der Waals surface area contributed by atoms with Crippen LogP contribution in [0.4, 0.5) is 0 Å². The van der Waals surface area contributed by atoms with Gasteiger partial charge < -0.3 is 4.74 Å². The van der Waals surface area contributed by atoms with Gasteiger partial charge >= 0.3 is 5.97 Å². The molecule has 3 nitrogen and oxygen atoms in total. The van der Waals surface area contributed by atoms with Crippen LogP contribution in [0.5, 0.6) is 0 Å². The van der Waals surface area contributed by atoms with Gasteiger partial charge in [0, 0.05) is 16.6 Å². The number of ether oxygens (including phenoxy) is 1. The average Bonchev–Trinajstić information content (AvgIpc) is 2.77. The van der Waals surface area contributed by atoms with Gasteiger partial charge in [0.05, 0.1) is 6.61 Å². The number of hydrogen-bond acceptors (Lipinski definition) is 3. The van der Waals surface area contributed by atoms with Crippen LogP contribution in [0.3, 0.4) is 0 Å². The number of allylic oxidation sites excluding steroid dienone is 3. The van der Waals surface area contributed by atoms with Crippen molar-refractivity contribution in [2.75, 3.05) is 6.61 Å². The zero-order chi connectivity index (χ0) is 17.6. The van der Waals surface area contributed by atoms with E-state index in [4.69, 9.17) is 4.74 Å². The van der Waals surface area contributed by atoms with E-state index in [1.807, 2.05) is 6.92 Å². The first-order valence-corrected chi connectivity index (χ1v) is 9.42. The number of hydrogen-bond donors (Lipinski definition) is 0. The average molecular weight is 330 g/mol. The lowest BCUT2D eigenvalue weighted by Crippen LogP contribution is -2.36. The Morgan fingerprint density at radius 2 is 2.04 bits per heavy atom. The summed E-state index contributed by atoms with van der Waals surface area (Å²) in [6, 6.07) is 0. The summed E-state index contributed by atoms with van der Waals surface area (Å²) in [7, 11) is 0. The van der Waals surface area contributed by atoms with Gasteiger partial charge in [-0.1, -0.05) is 32.4 Å². The summed E-state index contributed by atoms with van der Waals surface area (Å²) in [6.45, 7) is 10.7. The molecule has 0 unspecified atom stereocenters. The van der Waals surface area contributed by atoms with Crippen LogP contribution in [0.15, 0.2) is 22.8 Å². The van der Waals surface area contributed by atoms with E-state index < -0.39 is 0 Å². The van der Waals surface area contributed by atoms with Gasteiger partial charge in [0.15, 0.2) is 5.78 Å². The zero-order valence-electron chi connectivity index (χ0n) is 15.6. The normalized spacial score (nSPS) is 39.0. The van der Waals surface area contributed by atoms with Crippen LogP contribution < -0.4 is 0 Å². The third-order valence-electron chi connectivity index (χ3n) is 6.59. The SMILES string of the molecule is CCOC(=O)C1=C2C(=O)[C@@]3(C)CC(C)=C[C@H]3C[C@H](C)[C@H]2CC[C@@H]1C. The van der Waals surface area contributed by atoms with Gasteiger partial charge in [-0.05, 0) is 63.2 Å². The maximum atomic E-state index is 13.6. The third-order valence-corrected chi connectivity index (χ3v) is 6.59. The van der Waals surface area contributed by atoms with Crippen LogP contribution >= 0.6 is 0 Å². The van der Waals surface area contributed by atoms with E-state index in [0.717, 1.165) is 31.3 Å². The first-order chi connectivity index (χ1) is 11.3. The van der Waals surface area contributed by atoms with E-state index in [1.165, 1.54) is 5.57 Å². The minimum atomic E-state index is -0.378. The molecule has 3 rings (SSSR count). The molecular formula is C21H30O3. The molecule has 0 spiro atoms. The standard InChI is InChI=1S/C21H30O3/c1-6-24-20(23)17-13(3)7-8-16-14(4)10-15-9-12(2)11-21(15,5)19(22)18(16)17/h9,13-16H,6-8,10-11H2,1-5H3/t13-,14-,15-,16+,21-/m0/s1. The Bertz CT molecular complexity index is 627. The molecule has 0 saturated heterocycles. The van der Waals surface area contributed by atoms with Crippen molar-refractivity contribution in [3.63, 3.8) is 0 Å². The Balaban J connectivity index is 2.14. The lowest BCUT2D eigenvalue weighted by Gasteiger charge is -2.34. The Morgan fingerprint density at radius 3 is 2.71 bits per heavy atom. The highest BCUT2D eigenvalue weighted by Gasteiger charge is 2.52. The summed E-state index contributed by atoms with van der Waals surface area (Å²) in [4.78, 5) is 26.3. The minimum Gasteiger partial charge on any atom is -0.463 e. The minimum absolute atomic E-state index is 0.113. The predicted molar refractivity (Wildman–Crippen MR) is 94.3 cm³/mol. The maximum Gasteiger partial charge on any atom is 0.334 e. The van der Waals surface area contributed by atoms with Crippen LogP contribution in [-0.2, 0) is 14.3 Å². The van der Waals surface area contributed by atoms with Crippen LogP contribution in [0, 0.1) is 29.1 Å². The van der Waals surface area contributed by atoms with E-state index >= 15 is 0 Å². The summed E-state index contributed by atoms with van der Waals surface area (Å²) in [5, 5.41) is 0. The van der Waals surface area contributed by atoms with Crippen molar-refractivity contribution in [2.24, 2.45) is 29.1 Å². The molecule has 132 valence electrons. The molecule has 1 saturated carbocycles. The van der Waals surface area contributed by atoms with Crippen LogP contribution in [-0.4, -0.2) is 18.4 Å². The van der Waals surface area contributed by atoms with Crippen molar-refractivity contribution in [3.8, 4) is 0 Å². The molecule has 0 bridgehead atoms. The molecule has 0 aromatic carbocycles. The number of esters is 1. The van der Waals surface area contributed by atoms with Gasteiger partial charge in [0.25, 0.3) is 0 Å². The number of carbonyl (C=O) groups is 2. The fourth-order valence-electron chi connectivity index (χ4n) is 5.31. The third kappa shape index (κ3) is 2.57. The molecule has 24 heavy (non-hydrogen) atoms. The van der Waals surface area contributed by atoms with E-state index in [2.05, 4.69) is 33.8 Å². The molecule has 0 amide bonds. The molecule has 1 fully saturated rings. The first-order valence-electron chi connectivity index (χ1n) is 9.42. The van der Waals surface area contributed by atoms with Gasteiger partial charge in [-0.15, -0.1) is 0 Å². The van der Waals surface area contributed by atoms with Crippen molar-refractivity contribution in [3.05, 3.63) is 22.8 Å². The first kappa shape index (κ1) is 17.4. The van der Waals surface area contributed by atoms with Gasteiger partial charge in [-0.2, -0.15) is 0 Å². The predicted octanol–water partition coefficient (Wildman–Crippen LogP) is 4.47. The second-order valence-electron chi connectivity index (χ2n) is 8.39. The summed E-state index contributed by atoms with van der Waals surface area (Å²) in [5.74, 6) is 0.998. The largest absolute Gasteiger partial charge is 0.463 e. The van der Waals surface area contributed by atoms with Crippen molar-refractivity contribution in [2.45, 2.75) is 60.3 Å². The quantitative estimate of drug-likeness (QED) is 0.554. The van der Waals surface area contributed by atoms with Crippen LogP contribution in [0.25, 0.3) is 0 Å². The second-order valence-corrected chi connectivity index (χ2v) is 8.39. The molecule has 3 aliphatic rings.